The van der Waals surface area contributed by atoms with Gasteiger partial charge in [0.2, 0.25) is 0 Å². The topological polar surface area (TPSA) is 84.3 Å². The van der Waals surface area contributed by atoms with Gasteiger partial charge in [-0.3, -0.25) is 9.48 Å². The summed E-state index contributed by atoms with van der Waals surface area (Å²) < 4.78 is 8.17. The van der Waals surface area contributed by atoms with Crippen LogP contribution in [0.3, 0.4) is 0 Å². The number of nitrogens with one attached hydrogen (secondary N) is 2. The van der Waals surface area contributed by atoms with Crippen molar-refractivity contribution in [2.45, 2.75) is 19.9 Å². The van der Waals surface area contributed by atoms with Gasteiger partial charge in [-0.1, -0.05) is 11.3 Å². The number of thiazole rings is 1. The highest BCUT2D eigenvalue weighted by Crippen LogP contribution is 2.38. The Morgan fingerprint density at radius 3 is 2.94 bits per heavy atom. The maximum atomic E-state index is 13.3. The van der Waals surface area contributed by atoms with Crippen LogP contribution in [0, 0.1) is 6.92 Å². The third kappa shape index (κ3) is 3.67. The predicted octanol–water partition coefficient (Wildman–Crippen LogP) is 3.55. The van der Waals surface area contributed by atoms with Crippen molar-refractivity contribution in [1.29, 1.82) is 0 Å². The minimum Gasteiger partial charge on any atom is -0.473 e. The molecule has 0 spiro atoms. The van der Waals surface area contributed by atoms with Crippen molar-refractivity contribution in [2.75, 3.05) is 37.0 Å². The van der Waals surface area contributed by atoms with Gasteiger partial charge in [-0.05, 0) is 43.7 Å². The fourth-order valence-electron chi connectivity index (χ4n) is 4.34. The van der Waals surface area contributed by atoms with E-state index in [0.29, 0.717) is 22.3 Å². The van der Waals surface area contributed by atoms with Gasteiger partial charge >= 0.3 is 0 Å². The highest BCUT2D eigenvalue weighted by Gasteiger charge is 2.23. The Morgan fingerprint density at radius 2 is 2.16 bits per heavy atom. The van der Waals surface area contributed by atoms with E-state index >= 15 is 0 Å². The molecule has 1 unspecified atom stereocenters. The second-order valence-corrected chi connectivity index (χ2v) is 9.24. The molecular weight excluding hydrogens is 424 g/mol. The molecule has 2 aromatic carbocycles. The normalized spacial score (nSPS) is 16.6. The zero-order valence-corrected chi connectivity index (χ0v) is 19.4. The molecule has 1 aliphatic heterocycles. The van der Waals surface area contributed by atoms with Gasteiger partial charge in [0.05, 0.1) is 28.6 Å². The van der Waals surface area contributed by atoms with E-state index in [-0.39, 0.29) is 5.91 Å². The third-order valence-electron chi connectivity index (χ3n) is 5.80. The quantitative estimate of drug-likeness (QED) is 0.495. The summed E-state index contributed by atoms with van der Waals surface area (Å²) in [5.41, 5.74) is 5.00. The van der Waals surface area contributed by atoms with Crippen molar-refractivity contribution in [1.82, 2.24) is 20.1 Å². The second-order valence-electron chi connectivity index (χ2n) is 8.28. The molecule has 3 heterocycles. The summed E-state index contributed by atoms with van der Waals surface area (Å²) in [6.45, 7) is 6.93. The Morgan fingerprint density at radius 1 is 1.31 bits per heavy atom. The summed E-state index contributed by atoms with van der Waals surface area (Å²) in [4.78, 5) is 20.3. The number of amides is 1. The van der Waals surface area contributed by atoms with E-state index in [9.17, 15) is 4.79 Å². The van der Waals surface area contributed by atoms with Crippen molar-refractivity contribution in [3.63, 3.8) is 0 Å². The van der Waals surface area contributed by atoms with Gasteiger partial charge in [-0.2, -0.15) is 5.10 Å². The Balaban J connectivity index is 1.51. The molecule has 1 fully saturated rings. The number of aromatic nitrogens is 3. The first-order valence-corrected chi connectivity index (χ1v) is 11.5. The van der Waals surface area contributed by atoms with Crippen molar-refractivity contribution >= 4 is 49.7 Å². The molecule has 1 aliphatic rings. The summed E-state index contributed by atoms with van der Waals surface area (Å²) in [6.07, 6.45) is 1.95. The van der Waals surface area contributed by atoms with Crippen LogP contribution in [0.1, 0.15) is 22.8 Å². The number of rotatable bonds is 4. The van der Waals surface area contributed by atoms with E-state index in [1.165, 1.54) is 11.3 Å². The fraction of sp³-hybridized carbons (Fsp3) is 0.348. The first kappa shape index (κ1) is 20.7. The maximum absolute atomic E-state index is 13.3. The van der Waals surface area contributed by atoms with Crippen molar-refractivity contribution in [3.8, 4) is 5.19 Å². The summed E-state index contributed by atoms with van der Waals surface area (Å²) in [7, 11) is 3.50. The van der Waals surface area contributed by atoms with Gasteiger partial charge in [0.15, 0.2) is 0 Å². The largest absolute Gasteiger partial charge is 0.473 e. The Labute approximate surface area is 190 Å². The number of anilines is 2. The van der Waals surface area contributed by atoms with E-state index < -0.39 is 0 Å². The summed E-state index contributed by atoms with van der Waals surface area (Å²) >= 11 is 1.48. The van der Waals surface area contributed by atoms with Crippen LogP contribution in [-0.4, -0.2) is 53.5 Å². The number of hydrogen-bond donors (Lipinski definition) is 2. The van der Waals surface area contributed by atoms with E-state index in [4.69, 9.17) is 4.74 Å². The number of methoxy groups -OCH3 is 1. The van der Waals surface area contributed by atoms with Crippen LogP contribution in [0.25, 0.3) is 21.1 Å². The van der Waals surface area contributed by atoms with Crippen molar-refractivity contribution in [3.05, 3.63) is 41.6 Å². The van der Waals surface area contributed by atoms with E-state index in [0.717, 1.165) is 52.2 Å². The molecule has 0 radical (unpaired) electrons. The highest BCUT2D eigenvalue weighted by molar-refractivity contribution is 7.21. The zero-order valence-electron chi connectivity index (χ0n) is 18.6. The number of carbonyl (C=O) groups excluding carboxylic acids is 1. The molecule has 2 N–H and O–H groups in total. The van der Waals surface area contributed by atoms with Crippen LogP contribution >= 0.6 is 11.3 Å². The standard InChI is InChI=1S/C23H26N6O2S/c1-13-9-16(10-15-12-28(3)27-19(13)15)25-22(30)17-5-6-18(29-8-7-24-14(2)11-29)21-20(17)26-23(31-4)32-21/h5-6,9-10,12,14,24H,7-8,11H2,1-4H3,(H,25,30). The van der Waals surface area contributed by atoms with Gasteiger partial charge in [0.25, 0.3) is 11.1 Å². The molecule has 5 rings (SSSR count). The van der Waals surface area contributed by atoms with Gasteiger partial charge < -0.3 is 20.3 Å². The minimum absolute atomic E-state index is 0.189. The van der Waals surface area contributed by atoms with Crippen LogP contribution in [0.4, 0.5) is 11.4 Å². The van der Waals surface area contributed by atoms with E-state index in [2.05, 4.69) is 32.5 Å². The van der Waals surface area contributed by atoms with Gasteiger partial charge in [0.1, 0.15) is 5.52 Å². The lowest BCUT2D eigenvalue weighted by Gasteiger charge is -2.34. The lowest BCUT2D eigenvalue weighted by molar-refractivity contribution is 0.102. The molecule has 1 saturated heterocycles. The first-order valence-electron chi connectivity index (χ1n) is 10.6. The SMILES string of the molecule is COc1nc2c(C(=O)Nc3cc(C)c4nn(C)cc4c3)ccc(N3CCNC(C)C3)c2s1. The van der Waals surface area contributed by atoms with Gasteiger partial charge in [-0.15, -0.1) is 0 Å². The van der Waals surface area contributed by atoms with E-state index in [1.807, 2.05) is 44.4 Å². The van der Waals surface area contributed by atoms with Crippen LogP contribution in [0.5, 0.6) is 5.19 Å². The number of piperazine rings is 1. The molecule has 2 aromatic heterocycles. The second kappa shape index (κ2) is 8.07. The molecule has 0 saturated carbocycles. The maximum Gasteiger partial charge on any atom is 0.274 e. The smallest absolute Gasteiger partial charge is 0.274 e. The summed E-state index contributed by atoms with van der Waals surface area (Å²) in [5.74, 6) is -0.189. The lowest BCUT2D eigenvalue weighted by Crippen LogP contribution is -2.49. The molecule has 32 heavy (non-hydrogen) atoms. The molecule has 9 heteroatoms. The van der Waals surface area contributed by atoms with Crippen LogP contribution in [-0.2, 0) is 7.05 Å². The number of hydrogen-bond acceptors (Lipinski definition) is 7. The average molecular weight is 451 g/mol. The Hall–Kier alpha value is -3.17. The Bertz CT molecular complexity index is 1330. The first-order chi connectivity index (χ1) is 15.4. The molecule has 0 bridgehead atoms. The Kier molecular flexibility index (Phi) is 5.22. The van der Waals surface area contributed by atoms with Crippen LogP contribution < -0.4 is 20.3 Å². The van der Waals surface area contributed by atoms with Crippen molar-refractivity contribution in [2.24, 2.45) is 7.05 Å². The number of nitrogens with zero attached hydrogens (tertiary/aromatic N) is 4. The minimum atomic E-state index is -0.189. The molecule has 1 atom stereocenters. The molecule has 166 valence electrons. The zero-order chi connectivity index (χ0) is 22.4. The summed E-state index contributed by atoms with van der Waals surface area (Å²) in [6, 6.07) is 8.20. The average Bonchev–Trinajstić information content (AvgIpc) is 3.36. The van der Waals surface area contributed by atoms with Crippen LogP contribution in [0.2, 0.25) is 0 Å². The number of ether oxygens (including phenoxy) is 1. The number of aryl methyl sites for hydroxylation is 2. The van der Waals surface area contributed by atoms with Crippen molar-refractivity contribution < 1.29 is 9.53 Å². The van der Waals surface area contributed by atoms with Gasteiger partial charge in [-0.25, -0.2) is 4.98 Å². The predicted molar refractivity (Wildman–Crippen MR) is 129 cm³/mol. The van der Waals surface area contributed by atoms with Gasteiger partial charge in [0, 0.05) is 50.0 Å². The highest BCUT2D eigenvalue weighted by atomic mass is 32.1. The fourth-order valence-corrected chi connectivity index (χ4v) is 5.29. The summed E-state index contributed by atoms with van der Waals surface area (Å²) in [5, 5.41) is 12.5. The molecule has 8 nitrogen and oxygen atoms in total. The van der Waals surface area contributed by atoms with E-state index in [1.54, 1.807) is 11.8 Å². The number of benzene rings is 2. The van der Waals surface area contributed by atoms with Crippen LogP contribution in [0.15, 0.2) is 30.5 Å². The molecule has 1 amide bonds. The lowest BCUT2D eigenvalue weighted by atomic mass is 10.1. The third-order valence-corrected chi connectivity index (χ3v) is 6.84. The number of fused-ring (bicyclic) bond motifs is 2. The molecular formula is C23H26N6O2S. The number of carbonyl (C=O) groups is 1. The monoisotopic (exact) mass is 450 g/mol. The molecule has 4 aromatic rings. The molecule has 0 aliphatic carbocycles.